The molecule has 0 saturated carbocycles. The van der Waals surface area contributed by atoms with Gasteiger partial charge in [0.25, 0.3) is 0 Å². The Morgan fingerprint density at radius 3 is 1.20 bits per heavy atom. The lowest BCUT2D eigenvalue weighted by atomic mass is 10.3. The molecule has 0 aliphatic carbocycles. The van der Waals surface area contributed by atoms with E-state index in [-0.39, 0.29) is 0 Å². The summed E-state index contributed by atoms with van der Waals surface area (Å²) in [4.78, 5) is 0. The van der Waals surface area contributed by atoms with Crippen LogP contribution in [0.25, 0.3) is 0 Å². The van der Waals surface area contributed by atoms with Crippen LogP contribution in [0.5, 0.6) is 5.75 Å². The van der Waals surface area contributed by atoms with Gasteiger partial charge in [0.2, 0.25) is 44.3 Å². The van der Waals surface area contributed by atoms with Crippen LogP contribution in [0.4, 0.5) is 22.0 Å². The maximum atomic E-state index is 12.2. The third-order valence-corrected chi connectivity index (χ3v) is 1.19. The number of halogens is 5. The number of hydrogen-bond acceptors (Lipinski definition) is 1. The molecule has 0 aliphatic rings. The van der Waals surface area contributed by atoms with Gasteiger partial charge in [-0.1, -0.05) is 0 Å². The molecule has 0 bridgehead atoms. The van der Waals surface area contributed by atoms with Crippen molar-refractivity contribution < 1.29 is 27.1 Å². The second kappa shape index (κ2) is 5.93. The van der Waals surface area contributed by atoms with Gasteiger partial charge in [0.1, 0.15) is 0 Å². The molecule has 1 aromatic rings. The van der Waals surface area contributed by atoms with E-state index >= 15 is 0 Å². The first kappa shape index (κ1) is 14.2. The molecular formula is C8H8AlF5O. The topological polar surface area (TPSA) is 20.2 Å². The minimum Gasteiger partial charge on any atom is -0.503 e. The summed E-state index contributed by atoms with van der Waals surface area (Å²) in [5, 5.41) is 8.30. The molecule has 7 heteroatoms. The first-order valence-electron chi connectivity index (χ1n) is 4.08. The molecule has 0 fully saturated rings. The van der Waals surface area contributed by atoms with E-state index in [4.69, 9.17) is 5.11 Å². The van der Waals surface area contributed by atoms with Crippen molar-refractivity contribution >= 4 is 15.2 Å². The number of benzene rings is 1. The van der Waals surface area contributed by atoms with Crippen molar-refractivity contribution in [3.8, 4) is 5.75 Å². The molecule has 1 aromatic carbocycles. The van der Waals surface area contributed by atoms with Gasteiger partial charge in [0.05, 0.1) is 0 Å². The normalized spacial score (nSPS) is 9.27. The Kier molecular flexibility index (Phi) is 5.62. The predicted octanol–water partition coefficient (Wildman–Crippen LogP) is 2.61. The Hall–Kier alpha value is -0.798. The van der Waals surface area contributed by atoms with Crippen molar-refractivity contribution in [3.63, 3.8) is 0 Å². The van der Waals surface area contributed by atoms with Crippen LogP contribution in [0, 0.1) is 29.1 Å². The Morgan fingerprint density at radius 2 is 0.933 bits per heavy atom. The maximum absolute atomic E-state index is 12.2. The fourth-order valence-corrected chi connectivity index (χ4v) is 0.593. The predicted molar refractivity (Wildman–Crippen MR) is 46.8 cm³/mol. The third kappa shape index (κ3) is 3.08. The van der Waals surface area contributed by atoms with E-state index in [1.165, 1.54) is 0 Å². The highest BCUT2D eigenvalue weighted by Gasteiger charge is 2.24. The number of phenolic OH excluding ortho intramolecular Hbond substituents is 1. The molecule has 15 heavy (non-hydrogen) atoms. The molecular weight excluding hydrogens is 234 g/mol. The molecule has 0 aliphatic heterocycles. The Labute approximate surface area is 89.2 Å². The first-order chi connectivity index (χ1) is 6.88. The van der Waals surface area contributed by atoms with Crippen LogP contribution in [0.2, 0.25) is 11.6 Å². The summed E-state index contributed by atoms with van der Waals surface area (Å²) in [5.74, 6) is -8.41. The fourth-order valence-electron chi connectivity index (χ4n) is 0.593. The quantitative estimate of drug-likeness (QED) is 0.321. The summed E-state index contributed by atoms with van der Waals surface area (Å²) in [6.07, 6.45) is 0. The largest absolute Gasteiger partial charge is 0.503 e. The Bertz CT molecular complexity index is 250. The monoisotopic (exact) mass is 242 g/mol. The minimum atomic E-state index is -2.29. The molecule has 84 valence electrons. The van der Waals surface area contributed by atoms with Crippen LogP contribution < -0.4 is 0 Å². The van der Waals surface area contributed by atoms with E-state index < -0.39 is 34.8 Å². The molecule has 0 unspecified atom stereocenters. The smallest absolute Gasteiger partial charge is 0.229 e. The molecule has 1 nitrogen and oxygen atoms in total. The summed E-state index contributed by atoms with van der Waals surface area (Å²) in [7, 11) is 0. The molecule has 0 aromatic heterocycles. The third-order valence-electron chi connectivity index (χ3n) is 1.19. The van der Waals surface area contributed by atoms with Crippen LogP contribution in [0.1, 0.15) is 0 Å². The molecule has 0 spiro atoms. The Morgan fingerprint density at radius 1 is 0.733 bits per heavy atom. The fraction of sp³-hybridized carbons (Fsp3) is 0.250. The number of aromatic hydroxyl groups is 1. The highest BCUT2D eigenvalue weighted by molar-refractivity contribution is 6.31. The van der Waals surface area contributed by atoms with Crippen molar-refractivity contribution in [1.82, 2.24) is 0 Å². The standard InChI is InChI=1S/C6HF5O.2CH3.Al.H/c7-1-2(8)4(10)6(12)5(11)3(1)9;;;;/h12H;2*1H3;;. The van der Waals surface area contributed by atoms with Gasteiger partial charge in [-0.2, -0.15) is 8.78 Å². The van der Waals surface area contributed by atoms with E-state index in [1.807, 2.05) is 0 Å². The van der Waals surface area contributed by atoms with Gasteiger partial charge in [0, 0.05) is 0 Å². The van der Waals surface area contributed by atoms with E-state index in [9.17, 15) is 22.0 Å². The van der Waals surface area contributed by atoms with Crippen molar-refractivity contribution in [3.05, 3.63) is 29.1 Å². The lowest BCUT2D eigenvalue weighted by Crippen LogP contribution is -2.00. The lowest BCUT2D eigenvalue weighted by Gasteiger charge is -2.00. The van der Waals surface area contributed by atoms with Crippen molar-refractivity contribution in [2.75, 3.05) is 0 Å². The summed E-state index contributed by atoms with van der Waals surface area (Å²) >= 11 is 0.417. The highest BCUT2D eigenvalue weighted by atomic mass is 27.1. The molecule has 1 N–H and O–H groups in total. The Balaban J connectivity index is 0.000000583. The molecule has 0 amide bonds. The van der Waals surface area contributed by atoms with Gasteiger partial charge in [-0.15, -0.1) is 11.6 Å². The van der Waals surface area contributed by atoms with Crippen molar-refractivity contribution in [1.29, 1.82) is 0 Å². The molecule has 0 heterocycles. The van der Waals surface area contributed by atoms with E-state index in [0.717, 1.165) is 0 Å². The van der Waals surface area contributed by atoms with Gasteiger partial charge in [-0.3, -0.25) is 0 Å². The SMILES string of the molecule is Oc1c(F)c(F)c(F)c(F)c1F.[CH3][AlH][CH3]. The minimum absolute atomic E-state index is 0.417. The van der Waals surface area contributed by atoms with Crippen LogP contribution in [-0.2, 0) is 0 Å². The number of hydrogen-bond donors (Lipinski definition) is 1. The second-order valence-corrected chi connectivity index (χ2v) is 4.04. The summed E-state index contributed by atoms with van der Waals surface area (Å²) in [6, 6.07) is 0. The van der Waals surface area contributed by atoms with Gasteiger partial charge < -0.3 is 5.11 Å². The number of rotatable bonds is 0. The summed E-state index contributed by atoms with van der Waals surface area (Å²) in [5.41, 5.74) is 0. The second-order valence-electron chi connectivity index (χ2n) is 2.63. The molecule has 0 radical (unpaired) electrons. The highest BCUT2D eigenvalue weighted by Crippen LogP contribution is 2.27. The van der Waals surface area contributed by atoms with Gasteiger partial charge in [0.15, 0.2) is 5.75 Å². The molecule has 1 rings (SSSR count). The average molecular weight is 242 g/mol. The average Bonchev–Trinajstić information content (AvgIpc) is 2.22. The molecule has 0 atom stereocenters. The first-order valence-corrected chi connectivity index (χ1v) is 6.91. The van der Waals surface area contributed by atoms with Gasteiger partial charge in [-0.05, 0) is 0 Å². The summed E-state index contributed by atoms with van der Waals surface area (Å²) < 4.78 is 60.6. The summed E-state index contributed by atoms with van der Waals surface area (Å²) in [6.45, 7) is 0. The zero-order chi connectivity index (χ0) is 12.2. The van der Waals surface area contributed by atoms with Crippen LogP contribution >= 0.6 is 0 Å². The van der Waals surface area contributed by atoms with Gasteiger partial charge >= 0.3 is 0 Å². The van der Waals surface area contributed by atoms with E-state index in [2.05, 4.69) is 11.6 Å². The zero-order valence-electron chi connectivity index (χ0n) is 8.04. The molecule has 0 saturated heterocycles. The number of phenols is 1. The van der Waals surface area contributed by atoms with Crippen molar-refractivity contribution in [2.24, 2.45) is 0 Å². The van der Waals surface area contributed by atoms with Crippen LogP contribution in [0.3, 0.4) is 0 Å². The van der Waals surface area contributed by atoms with Crippen LogP contribution in [-0.4, -0.2) is 20.3 Å². The van der Waals surface area contributed by atoms with Gasteiger partial charge in [-0.25, -0.2) is 13.2 Å². The lowest BCUT2D eigenvalue weighted by molar-refractivity contribution is 0.325. The van der Waals surface area contributed by atoms with Crippen LogP contribution in [0.15, 0.2) is 0 Å². The van der Waals surface area contributed by atoms with Crippen molar-refractivity contribution in [2.45, 2.75) is 11.6 Å². The van der Waals surface area contributed by atoms with E-state index in [0.29, 0.717) is 15.2 Å². The maximum Gasteiger partial charge on any atom is 0.229 e. The van der Waals surface area contributed by atoms with E-state index in [1.54, 1.807) is 0 Å². The zero-order valence-corrected chi connectivity index (χ0v) is 9.46.